The van der Waals surface area contributed by atoms with Gasteiger partial charge in [-0.15, -0.1) is 0 Å². The van der Waals surface area contributed by atoms with Gasteiger partial charge in [-0.25, -0.2) is 0 Å². The van der Waals surface area contributed by atoms with Crippen LogP contribution in [-0.2, 0) is 11.3 Å². The molecule has 1 unspecified atom stereocenters. The molecular weight excluding hydrogens is 276 g/mol. The second-order valence-corrected chi connectivity index (χ2v) is 5.02. The summed E-state index contributed by atoms with van der Waals surface area (Å²) >= 11 is 6.02. The second kappa shape index (κ2) is 8.82. The predicted molar refractivity (Wildman–Crippen MR) is 82.2 cm³/mol. The number of carbonyl (C=O) groups is 1. The predicted octanol–water partition coefficient (Wildman–Crippen LogP) is 2.74. The Hall–Kier alpha value is -1.26. The molecule has 0 aromatic heterocycles. The van der Waals surface area contributed by atoms with Crippen LogP contribution >= 0.6 is 11.6 Å². The molecule has 0 bridgehead atoms. The summed E-state index contributed by atoms with van der Waals surface area (Å²) in [4.78, 5) is 11.7. The van der Waals surface area contributed by atoms with Crippen molar-refractivity contribution in [3.63, 3.8) is 0 Å². The summed E-state index contributed by atoms with van der Waals surface area (Å²) in [6.45, 7) is 7.93. The van der Waals surface area contributed by atoms with Gasteiger partial charge in [0, 0.05) is 23.7 Å². The number of hydrogen-bond donors (Lipinski definition) is 2. The zero-order valence-electron chi connectivity index (χ0n) is 12.3. The molecule has 0 saturated carbocycles. The number of hydrogen-bond acceptors (Lipinski definition) is 3. The van der Waals surface area contributed by atoms with Crippen LogP contribution in [0.1, 0.15) is 32.8 Å². The Balaban J connectivity index is 2.74. The van der Waals surface area contributed by atoms with Crippen LogP contribution in [0.3, 0.4) is 0 Å². The summed E-state index contributed by atoms with van der Waals surface area (Å²) in [6.07, 6.45) is 0.535. The van der Waals surface area contributed by atoms with Gasteiger partial charge in [-0.05, 0) is 45.0 Å². The van der Waals surface area contributed by atoms with Gasteiger partial charge in [0.1, 0.15) is 5.75 Å². The number of likely N-dealkylation sites (N-methyl/N-ethyl adjacent to an activating group) is 1. The maximum atomic E-state index is 11.7. The first kappa shape index (κ1) is 16.8. The Labute approximate surface area is 125 Å². The van der Waals surface area contributed by atoms with Gasteiger partial charge < -0.3 is 15.4 Å². The molecule has 0 aliphatic carbocycles. The lowest BCUT2D eigenvalue weighted by molar-refractivity contribution is -0.127. The van der Waals surface area contributed by atoms with Crippen molar-refractivity contribution < 1.29 is 9.53 Å². The Bertz CT molecular complexity index is 438. The first-order valence-corrected chi connectivity index (χ1v) is 7.39. The van der Waals surface area contributed by atoms with E-state index in [9.17, 15) is 4.79 Å². The smallest absolute Gasteiger partial charge is 0.260 e. The fourth-order valence-corrected chi connectivity index (χ4v) is 1.96. The Morgan fingerprint density at radius 2 is 2.15 bits per heavy atom. The van der Waals surface area contributed by atoms with Gasteiger partial charge in [-0.2, -0.15) is 0 Å². The average molecular weight is 299 g/mol. The van der Waals surface area contributed by atoms with E-state index in [1.807, 2.05) is 13.0 Å². The van der Waals surface area contributed by atoms with Crippen molar-refractivity contribution >= 4 is 17.5 Å². The summed E-state index contributed by atoms with van der Waals surface area (Å²) in [7, 11) is 0. The third kappa shape index (κ3) is 5.39. The molecule has 0 heterocycles. The maximum absolute atomic E-state index is 11.7. The van der Waals surface area contributed by atoms with Crippen molar-refractivity contribution in [1.29, 1.82) is 0 Å². The molecular formula is C15H23ClN2O2. The summed E-state index contributed by atoms with van der Waals surface area (Å²) in [5.74, 6) is 0.576. The van der Waals surface area contributed by atoms with Crippen LogP contribution in [-0.4, -0.2) is 25.1 Å². The zero-order valence-corrected chi connectivity index (χ0v) is 13.1. The minimum absolute atomic E-state index is 0.116. The van der Waals surface area contributed by atoms with E-state index >= 15 is 0 Å². The van der Waals surface area contributed by atoms with Crippen molar-refractivity contribution in [2.24, 2.45) is 0 Å². The highest BCUT2D eigenvalue weighted by molar-refractivity contribution is 6.30. The standard InChI is InChI=1S/C15H23ClN2O2/c1-4-8-17-10-12-9-13(16)6-7-14(12)20-11(3)15(19)18-5-2/h6-7,9,11,17H,4-5,8,10H2,1-3H3,(H,18,19). The molecule has 0 saturated heterocycles. The van der Waals surface area contributed by atoms with Crippen molar-refractivity contribution in [3.8, 4) is 5.75 Å². The van der Waals surface area contributed by atoms with E-state index < -0.39 is 6.10 Å². The second-order valence-electron chi connectivity index (χ2n) is 4.58. The van der Waals surface area contributed by atoms with E-state index in [1.54, 1.807) is 19.1 Å². The minimum Gasteiger partial charge on any atom is -0.481 e. The average Bonchev–Trinajstić information content (AvgIpc) is 2.42. The number of halogens is 1. The van der Waals surface area contributed by atoms with Crippen molar-refractivity contribution in [3.05, 3.63) is 28.8 Å². The van der Waals surface area contributed by atoms with Crippen molar-refractivity contribution in [2.45, 2.75) is 39.8 Å². The monoisotopic (exact) mass is 298 g/mol. The SMILES string of the molecule is CCCNCc1cc(Cl)ccc1OC(C)C(=O)NCC. The lowest BCUT2D eigenvalue weighted by Crippen LogP contribution is -2.36. The van der Waals surface area contributed by atoms with Gasteiger partial charge in [-0.3, -0.25) is 4.79 Å². The molecule has 0 radical (unpaired) electrons. The van der Waals surface area contributed by atoms with Crippen LogP contribution < -0.4 is 15.4 Å². The molecule has 2 N–H and O–H groups in total. The van der Waals surface area contributed by atoms with Crippen molar-refractivity contribution in [2.75, 3.05) is 13.1 Å². The van der Waals surface area contributed by atoms with Gasteiger partial charge in [0.25, 0.3) is 5.91 Å². The lowest BCUT2D eigenvalue weighted by Gasteiger charge is -2.17. The number of amides is 1. The van der Waals surface area contributed by atoms with E-state index in [4.69, 9.17) is 16.3 Å². The third-order valence-electron chi connectivity index (χ3n) is 2.79. The zero-order chi connectivity index (χ0) is 15.0. The van der Waals surface area contributed by atoms with Crippen LogP contribution in [0.2, 0.25) is 5.02 Å². The van der Waals surface area contributed by atoms with Gasteiger partial charge in [0.05, 0.1) is 0 Å². The molecule has 4 nitrogen and oxygen atoms in total. The topological polar surface area (TPSA) is 50.4 Å². The summed E-state index contributed by atoms with van der Waals surface area (Å²) < 4.78 is 5.73. The highest BCUT2D eigenvalue weighted by Gasteiger charge is 2.15. The fourth-order valence-electron chi connectivity index (χ4n) is 1.76. The van der Waals surface area contributed by atoms with E-state index in [1.165, 1.54) is 0 Å². The molecule has 5 heteroatoms. The molecule has 1 amide bonds. The highest BCUT2D eigenvalue weighted by atomic mass is 35.5. The largest absolute Gasteiger partial charge is 0.481 e. The first-order valence-electron chi connectivity index (χ1n) is 7.02. The Morgan fingerprint density at radius 3 is 2.80 bits per heavy atom. The molecule has 1 aromatic rings. The molecule has 1 rings (SSSR count). The van der Waals surface area contributed by atoms with Crippen LogP contribution in [0.5, 0.6) is 5.75 Å². The number of benzene rings is 1. The van der Waals surface area contributed by atoms with Crippen LogP contribution in [0.25, 0.3) is 0 Å². The number of carbonyl (C=O) groups excluding carboxylic acids is 1. The molecule has 0 spiro atoms. The number of ether oxygens (including phenoxy) is 1. The molecule has 20 heavy (non-hydrogen) atoms. The molecule has 1 atom stereocenters. The molecule has 0 aliphatic rings. The van der Waals surface area contributed by atoms with E-state index in [0.29, 0.717) is 23.9 Å². The Kier molecular flexibility index (Phi) is 7.41. The van der Waals surface area contributed by atoms with Gasteiger partial charge in [0.15, 0.2) is 6.10 Å². The van der Waals surface area contributed by atoms with Gasteiger partial charge >= 0.3 is 0 Å². The molecule has 1 aromatic carbocycles. The summed E-state index contributed by atoms with van der Waals surface area (Å²) in [5.41, 5.74) is 0.960. The third-order valence-corrected chi connectivity index (χ3v) is 3.02. The minimum atomic E-state index is -0.527. The van der Waals surface area contributed by atoms with Crippen LogP contribution in [0.15, 0.2) is 18.2 Å². The van der Waals surface area contributed by atoms with Crippen molar-refractivity contribution in [1.82, 2.24) is 10.6 Å². The summed E-state index contributed by atoms with van der Waals surface area (Å²) in [6, 6.07) is 5.44. The van der Waals surface area contributed by atoms with Gasteiger partial charge in [-0.1, -0.05) is 18.5 Å². The van der Waals surface area contributed by atoms with E-state index in [2.05, 4.69) is 17.6 Å². The lowest BCUT2D eigenvalue weighted by atomic mass is 10.2. The number of nitrogens with one attached hydrogen (secondary N) is 2. The number of rotatable bonds is 8. The summed E-state index contributed by atoms with van der Waals surface area (Å²) in [5, 5.41) is 6.71. The van der Waals surface area contributed by atoms with Gasteiger partial charge in [0.2, 0.25) is 0 Å². The quantitative estimate of drug-likeness (QED) is 0.726. The normalized spacial score (nSPS) is 12.0. The highest BCUT2D eigenvalue weighted by Crippen LogP contribution is 2.24. The first-order chi connectivity index (χ1) is 9.58. The Morgan fingerprint density at radius 1 is 1.40 bits per heavy atom. The van der Waals surface area contributed by atoms with Crippen LogP contribution in [0, 0.1) is 0 Å². The van der Waals surface area contributed by atoms with Crippen LogP contribution in [0.4, 0.5) is 0 Å². The fraction of sp³-hybridized carbons (Fsp3) is 0.533. The molecule has 0 fully saturated rings. The molecule has 112 valence electrons. The van der Waals surface area contributed by atoms with E-state index in [0.717, 1.165) is 18.5 Å². The molecule has 0 aliphatic heterocycles. The maximum Gasteiger partial charge on any atom is 0.260 e. The van der Waals surface area contributed by atoms with E-state index in [-0.39, 0.29) is 5.91 Å².